The molecular formula is C17H24N4. The zero-order valence-electron chi connectivity index (χ0n) is 12.9. The van der Waals surface area contributed by atoms with Crippen molar-refractivity contribution in [3.63, 3.8) is 0 Å². The molecule has 2 N–H and O–H groups in total. The minimum Gasteiger partial charge on any atom is -0.383 e. The third-order valence-electron chi connectivity index (χ3n) is 4.34. The Morgan fingerprint density at radius 2 is 2.19 bits per heavy atom. The van der Waals surface area contributed by atoms with E-state index in [-0.39, 0.29) is 0 Å². The lowest BCUT2D eigenvalue weighted by Gasteiger charge is -2.21. The van der Waals surface area contributed by atoms with Crippen LogP contribution in [-0.4, -0.2) is 48.5 Å². The molecule has 0 aliphatic carbocycles. The summed E-state index contributed by atoms with van der Waals surface area (Å²) in [5.41, 5.74) is 8.22. The van der Waals surface area contributed by atoms with Crippen molar-refractivity contribution in [1.82, 2.24) is 14.8 Å². The lowest BCUT2D eigenvalue weighted by Crippen LogP contribution is -2.27. The molecule has 112 valence electrons. The van der Waals surface area contributed by atoms with Crippen molar-refractivity contribution < 1.29 is 0 Å². The molecule has 1 aliphatic rings. The Balaban J connectivity index is 1.70. The largest absolute Gasteiger partial charge is 0.383 e. The summed E-state index contributed by atoms with van der Waals surface area (Å²) in [6.45, 7) is 4.41. The van der Waals surface area contributed by atoms with Gasteiger partial charge in [-0.2, -0.15) is 0 Å². The normalized spacial score (nSPS) is 19.7. The second-order valence-electron chi connectivity index (χ2n) is 6.34. The maximum atomic E-state index is 6.12. The van der Waals surface area contributed by atoms with Gasteiger partial charge in [0.05, 0.1) is 5.52 Å². The van der Waals surface area contributed by atoms with Crippen molar-refractivity contribution in [2.45, 2.75) is 13.0 Å². The Morgan fingerprint density at radius 1 is 1.38 bits per heavy atom. The van der Waals surface area contributed by atoms with Gasteiger partial charge in [0.15, 0.2) is 0 Å². The van der Waals surface area contributed by atoms with Crippen LogP contribution >= 0.6 is 0 Å². The number of rotatable bonds is 4. The van der Waals surface area contributed by atoms with E-state index in [4.69, 9.17) is 5.73 Å². The lowest BCUT2D eigenvalue weighted by molar-refractivity contribution is 0.267. The molecule has 1 aromatic carbocycles. The molecule has 2 aromatic rings. The summed E-state index contributed by atoms with van der Waals surface area (Å²) < 4.78 is 0. The number of anilines is 1. The second-order valence-corrected chi connectivity index (χ2v) is 6.34. The van der Waals surface area contributed by atoms with Gasteiger partial charge in [0.25, 0.3) is 0 Å². The van der Waals surface area contributed by atoms with E-state index in [1.807, 2.05) is 18.2 Å². The molecule has 1 atom stereocenters. The second kappa shape index (κ2) is 6.00. The fraction of sp³-hybridized carbons (Fsp3) is 0.471. The number of nitrogen functional groups attached to an aromatic ring is 1. The van der Waals surface area contributed by atoms with Crippen molar-refractivity contribution in [2.24, 2.45) is 5.92 Å². The van der Waals surface area contributed by atoms with Gasteiger partial charge in [-0.1, -0.05) is 18.2 Å². The van der Waals surface area contributed by atoms with Gasteiger partial charge >= 0.3 is 0 Å². The summed E-state index contributed by atoms with van der Waals surface area (Å²) in [4.78, 5) is 9.29. The van der Waals surface area contributed by atoms with E-state index in [2.05, 4.69) is 41.0 Å². The summed E-state index contributed by atoms with van der Waals surface area (Å²) in [5, 5.41) is 1.16. The summed E-state index contributed by atoms with van der Waals surface area (Å²) >= 11 is 0. The zero-order chi connectivity index (χ0) is 14.8. The van der Waals surface area contributed by atoms with Crippen molar-refractivity contribution in [2.75, 3.05) is 39.5 Å². The van der Waals surface area contributed by atoms with Crippen molar-refractivity contribution >= 4 is 16.7 Å². The van der Waals surface area contributed by atoms with Gasteiger partial charge in [-0.15, -0.1) is 0 Å². The summed E-state index contributed by atoms with van der Waals surface area (Å²) in [6, 6.07) is 10.3. The molecule has 0 bridgehead atoms. The smallest absolute Gasteiger partial charge is 0.128 e. The first-order chi connectivity index (χ1) is 10.1. The summed E-state index contributed by atoms with van der Waals surface area (Å²) in [7, 11) is 4.37. The van der Waals surface area contributed by atoms with Crippen molar-refractivity contribution in [3.05, 3.63) is 35.9 Å². The molecular weight excluding hydrogens is 260 g/mol. The number of nitrogens with two attached hydrogens (primary N) is 1. The maximum absolute atomic E-state index is 6.12. The quantitative estimate of drug-likeness (QED) is 0.935. The Hall–Kier alpha value is -1.65. The first kappa shape index (κ1) is 14.3. The van der Waals surface area contributed by atoms with Crippen molar-refractivity contribution in [3.8, 4) is 0 Å². The van der Waals surface area contributed by atoms with Crippen LogP contribution in [0.15, 0.2) is 30.3 Å². The molecule has 1 aliphatic heterocycles. The molecule has 1 fully saturated rings. The zero-order valence-corrected chi connectivity index (χ0v) is 12.9. The number of fused-ring (bicyclic) bond motifs is 1. The predicted octanol–water partition coefficient (Wildman–Crippen LogP) is 2.20. The van der Waals surface area contributed by atoms with Gasteiger partial charge in [0.2, 0.25) is 0 Å². The third kappa shape index (κ3) is 3.34. The number of para-hydroxylation sites is 1. The Bertz CT molecular complexity index is 625. The number of aromatic nitrogens is 1. The maximum Gasteiger partial charge on any atom is 0.128 e. The number of hydrogen-bond donors (Lipinski definition) is 1. The van der Waals surface area contributed by atoms with Gasteiger partial charge in [-0.3, -0.25) is 0 Å². The van der Waals surface area contributed by atoms with Gasteiger partial charge in [0.1, 0.15) is 5.82 Å². The van der Waals surface area contributed by atoms with Gasteiger partial charge in [-0.25, -0.2) is 4.98 Å². The van der Waals surface area contributed by atoms with E-state index >= 15 is 0 Å². The van der Waals surface area contributed by atoms with E-state index in [0.29, 0.717) is 5.82 Å². The van der Waals surface area contributed by atoms with Crippen LogP contribution < -0.4 is 5.73 Å². The topological polar surface area (TPSA) is 45.4 Å². The predicted molar refractivity (Wildman–Crippen MR) is 88.1 cm³/mol. The monoisotopic (exact) mass is 284 g/mol. The highest BCUT2D eigenvalue weighted by atomic mass is 15.1. The Morgan fingerprint density at radius 3 is 2.95 bits per heavy atom. The van der Waals surface area contributed by atoms with E-state index in [0.717, 1.165) is 35.5 Å². The summed E-state index contributed by atoms with van der Waals surface area (Å²) in [6.07, 6.45) is 1.30. The minimum absolute atomic E-state index is 0.657. The fourth-order valence-electron chi connectivity index (χ4n) is 3.27. The van der Waals surface area contributed by atoms with Gasteiger partial charge in [-0.05, 0) is 45.1 Å². The van der Waals surface area contributed by atoms with E-state index in [1.54, 1.807) is 0 Å². The summed E-state index contributed by atoms with van der Waals surface area (Å²) in [5.74, 6) is 1.43. The van der Waals surface area contributed by atoms with E-state index < -0.39 is 0 Å². The number of nitrogens with zero attached hydrogens (tertiary/aromatic N) is 3. The molecule has 1 saturated heterocycles. The van der Waals surface area contributed by atoms with E-state index in [1.165, 1.54) is 19.5 Å². The van der Waals surface area contributed by atoms with Gasteiger partial charge in [0, 0.05) is 30.6 Å². The van der Waals surface area contributed by atoms with Crippen LogP contribution in [-0.2, 0) is 6.54 Å². The van der Waals surface area contributed by atoms with Crippen LogP contribution in [0.25, 0.3) is 10.9 Å². The van der Waals surface area contributed by atoms with Crippen LogP contribution in [0.4, 0.5) is 5.82 Å². The Labute approximate surface area is 126 Å². The average Bonchev–Trinajstić information content (AvgIpc) is 2.85. The highest BCUT2D eigenvalue weighted by Gasteiger charge is 2.21. The van der Waals surface area contributed by atoms with Crippen LogP contribution in [0.3, 0.4) is 0 Å². The fourth-order valence-corrected chi connectivity index (χ4v) is 3.27. The molecule has 3 rings (SSSR count). The van der Waals surface area contributed by atoms with E-state index in [9.17, 15) is 0 Å². The number of pyridine rings is 1. The third-order valence-corrected chi connectivity index (χ3v) is 4.34. The molecule has 1 aromatic heterocycles. The number of benzene rings is 1. The average molecular weight is 284 g/mol. The highest BCUT2D eigenvalue weighted by molar-refractivity contribution is 5.81. The first-order valence-corrected chi connectivity index (χ1v) is 7.63. The Kier molecular flexibility index (Phi) is 4.08. The van der Waals surface area contributed by atoms with Crippen LogP contribution in [0.5, 0.6) is 0 Å². The van der Waals surface area contributed by atoms with Crippen molar-refractivity contribution in [1.29, 1.82) is 0 Å². The minimum atomic E-state index is 0.657. The first-order valence-electron chi connectivity index (χ1n) is 7.63. The molecule has 0 saturated carbocycles. The molecule has 4 heteroatoms. The molecule has 0 amide bonds. The van der Waals surface area contributed by atoms with Gasteiger partial charge < -0.3 is 15.5 Å². The number of hydrogen-bond acceptors (Lipinski definition) is 4. The lowest BCUT2D eigenvalue weighted by atomic mass is 10.1. The molecule has 4 nitrogen and oxygen atoms in total. The molecule has 21 heavy (non-hydrogen) atoms. The van der Waals surface area contributed by atoms with Crippen LogP contribution in [0, 0.1) is 5.92 Å². The standard InChI is InChI=1S/C17H24N4/c1-20-8-7-13(10-20)11-21(2)12-15-9-14-5-3-4-6-16(14)19-17(15)18/h3-6,9,13H,7-8,10-12H2,1-2H3,(H2,18,19). The van der Waals surface area contributed by atoms with Crippen LogP contribution in [0.2, 0.25) is 0 Å². The number of likely N-dealkylation sites (tertiary alicyclic amines) is 1. The molecule has 0 spiro atoms. The molecule has 1 unspecified atom stereocenters. The molecule has 0 radical (unpaired) electrons. The molecule has 2 heterocycles. The highest BCUT2D eigenvalue weighted by Crippen LogP contribution is 2.21. The SMILES string of the molecule is CN1CCC(CN(C)Cc2cc3ccccc3nc2N)C1. The van der Waals surface area contributed by atoms with Crippen LogP contribution in [0.1, 0.15) is 12.0 Å².